The molecule has 1 unspecified atom stereocenters. The third kappa shape index (κ3) is 7.10. The predicted molar refractivity (Wildman–Crippen MR) is 202 cm³/mol. The number of amides is 2. The van der Waals surface area contributed by atoms with Gasteiger partial charge in [0.05, 0.1) is 25.2 Å². The molecule has 0 saturated heterocycles. The number of rotatable bonds is 5. The molecule has 2 aliphatic heterocycles. The number of hydrogen-bond donors (Lipinski definition) is 1. The van der Waals surface area contributed by atoms with E-state index >= 15 is 0 Å². The molecule has 53 heavy (non-hydrogen) atoms. The lowest BCUT2D eigenvalue weighted by molar-refractivity contribution is -0.135. The third-order valence-corrected chi connectivity index (χ3v) is 13.6. The van der Waals surface area contributed by atoms with Crippen molar-refractivity contribution in [2.45, 2.75) is 56.5 Å². The van der Waals surface area contributed by atoms with Gasteiger partial charge >= 0.3 is 0 Å². The van der Waals surface area contributed by atoms with Gasteiger partial charge in [-0.15, -0.1) is 9.46 Å². The third-order valence-electron chi connectivity index (χ3n) is 11.4. The number of hydrogen-bond acceptors (Lipinski definition) is 9. The number of allylic oxidation sites excluding steroid dienone is 1. The SMILES string of the molecule is COc1nn(C)cc1C(=O)NS1(=O)=NC(=O)c2ccc3c(c2)N(C[C@@H]2CC[C@H]2[C@](C=O)(OC)/C=C/C[C@H](C)C1)C[C@@]1(CCCc2cc(Cl)ccc21)CO3. The molecule has 0 radical (unpaired) electrons. The van der Waals surface area contributed by atoms with Crippen molar-refractivity contribution in [3.63, 3.8) is 0 Å². The number of methoxy groups -OCH3 is 2. The van der Waals surface area contributed by atoms with Crippen LogP contribution in [0.15, 0.2) is 59.1 Å². The summed E-state index contributed by atoms with van der Waals surface area (Å²) in [6, 6.07) is 11.3. The summed E-state index contributed by atoms with van der Waals surface area (Å²) in [5.74, 6) is -1.17. The minimum absolute atomic E-state index is 0.0508. The first-order chi connectivity index (χ1) is 25.4. The first-order valence-corrected chi connectivity index (χ1v) is 20.2. The van der Waals surface area contributed by atoms with E-state index in [2.05, 4.69) is 31.2 Å². The van der Waals surface area contributed by atoms with Crippen molar-refractivity contribution in [3.05, 3.63) is 82.0 Å². The number of aryl methyl sites for hydroxylation is 2. The molecule has 2 aromatic carbocycles. The lowest BCUT2D eigenvalue weighted by Crippen LogP contribution is -2.53. The van der Waals surface area contributed by atoms with Crippen LogP contribution in [0.25, 0.3) is 0 Å². The average molecular weight is 764 g/mol. The fraction of sp³-hybridized carbons (Fsp3) is 0.487. The van der Waals surface area contributed by atoms with E-state index in [1.807, 2.05) is 25.1 Å². The van der Waals surface area contributed by atoms with Crippen LogP contribution in [-0.4, -0.2) is 77.4 Å². The van der Waals surface area contributed by atoms with Crippen molar-refractivity contribution in [1.29, 1.82) is 0 Å². The zero-order valence-corrected chi connectivity index (χ0v) is 32.1. The van der Waals surface area contributed by atoms with Gasteiger partial charge < -0.3 is 19.1 Å². The van der Waals surface area contributed by atoms with Crippen LogP contribution in [-0.2, 0) is 38.3 Å². The first-order valence-electron chi connectivity index (χ1n) is 18.1. The van der Waals surface area contributed by atoms with Crippen molar-refractivity contribution >= 4 is 45.3 Å². The molecule has 1 aromatic heterocycles. The molecule has 1 fully saturated rings. The van der Waals surface area contributed by atoms with Crippen molar-refractivity contribution in [3.8, 4) is 11.6 Å². The minimum Gasteiger partial charge on any atom is -0.490 e. The maximum absolute atomic E-state index is 14.6. The highest BCUT2D eigenvalue weighted by atomic mass is 35.5. The van der Waals surface area contributed by atoms with Crippen LogP contribution >= 0.6 is 11.6 Å². The Morgan fingerprint density at radius 3 is 2.75 bits per heavy atom. The maximum Gasteiger partial charge on any atom is 0.286 e. The number of nitrogens with one attached hydrogen (secondary N) is 1. The molecule has 7 rings (SSSR count). The van der Waals surface area contributed by atoms with Gasteiger partial charge in [0.2, 0.25) is 5.88 Å². The Balaban J connectivity index is 1.33. The molecular weight excluding hydrogens is 718 g/mol. The van der Waals surface area contributed by atoms with E-state index in [9.17, 15) is 18.6 Å². The number of aromatic nitrogens is 2. The molecule has 2 aliphatic carbocycles. The molecule has 2 amide bonds. The topological polar surface area (TPSA) is 141 Å². The van der Waals surface area contributed by atoms with Gasteiger partial charge in [0.25, 0.3) is 11.8 Å². The quantitative estimate of drug-likeness (QED) is 0.255. The van der Waals surface area contributed by atoms with Crippen molar-refractivity contribution in [2.24, 2.45) is 29.2 Å². The summed E-state index contributed by atoms with van der Waals surface area (Å²) in [5, 5.41) is 4.84. The van der Waals surface area contributed by atoms with Crippen molar-refractivity contribution < 1.29 is 32.8 Å². The number of ether oxygens (including phenoxy) is 3. The van der Waals surface area contributed by atoms with E-state index in [0.717, 1.165) is 44.1 Å². The van der Waals surface area contributed by atoms with Crippen LogP contribution < -0.4 is 19.1 Å². The summed E-state index contributed by atoms with van der Waals surface area (Å²) < 4.78 is 40.7. The van der Waals surface area contributed by atoms with E-state index in [4.69, 9.17) is 25.8 Å². The summed E-state index contributed by atoms with van der Waals surface area (Å²) >= 11 is 6.45. The number of anilines is 1. The lowest BCUT2D eigenvalue weighted by atomic mass is 9.64. The second-order valence-corrected chi connectivity index (χ2v) is 17.4. The predicted octanol–water partition coefficient (Wildman–Crippen LogP) is 5.71. The van der Waals surface area contributed by atoms with Crippen LogP contribution in [0.5, 0.6) is 11.6 Å². The van der Waals surface area contributed by atoms with Gasteiger partial charge in [0.15, 0.2) is 6.29 Å². The standard InChI is InChI=1S/C39H46ClN5O7S/c1-25-7-5-16-39(23-46,51-4)32-12-9-28(32)19-45-22-38(15-6-8-26-17-29(40)11-13-31(26)38)24-52-34-14-10-27(18-33(34)45)35(47)42-53(49,21-25)43-36(48)30-20-44(2)41-37(30)50-3/h5,10-11,13-14,16-18,20,23,25,28,32H,6-9,12,15,19,21-22,24H2,1-4H3,(H,42,43,47,48,49)/b16-5+/t25-,28-,32+,38-,39-,53?/m0/s1. The molecule has 3 aromatic rings. The van der Waals surface area contributed by atoms with Gasteiger partial charge in [-0.05, 0) is 97.9 Å². The normalized spacial score (nSPS) is 30.4. The highest BCUT2D eigenvalue weighted by molar-refractivity contribution is 7.92. The molecule has 6 atom stereocenters. The molecule has 1 N–H and O–H groups in total. The van der Waals surface area contributed by atoms with E-state index in [-0.39, 0.29) is 45.9 Å². The van der Waals surface area contributed by atoms with Crippen molar-refractivity contribution in [1.82, 2.24) is 14.5 Å². The number of carbonyl (C=O) groups excluding carboxylic acids is 3. The smallest absolute Gasteiger partial charge is 0.286 e. The number of carbonyl (C=O) groups is 3. The minimum atomic E-state index is -3.68. The molecule has 2 bridgehead atoms. The molecule has 1 spiro atoms. The maximum atomic E-state index is 14.6. The van der Waals surface area contributed by atoms with Gasteiger partial charge in [-0.3, -0.25) is 23.8 Å². The summed E-state index contributed by atoms with van der Waals surface area (Å²) in [7, 11) is 0.899. The number of nitrogens with zero attached hydrogens (tertiary/aromatic N) is 4. The lowest BCUT2D eigenvalue weighted by Gasteiger charge is -2.48. The molecule has 1 saturated carbocycles. The number of halogens is 1. The number of aldehydes is 1. The van der Waals surface area contributed by atoms with Crippen LogP contribution in [0.2, 0.25) is 5.02 Å². The summed E-state index contributed by atoms with van der Waals surface area (Å²) in [6.45, 7) is 3.51. The summed E-state index contributed by atoms with van der Waals surface area (Å²) in [5.41, 5.74) is 1.92. The fourth-order valence-corrected chi connectivity index (χ4v) is 10.7. The molecular formula is C39H46ClN5O7S. The van der Waals surface area contributed by atoms with Crippen LogP contribution in [0.3, 0.4) is 0 Å². The summed E-state index contributed by atoms with van der Waals surface area (Å²) in [6.07, 6.45) is 11.0. The Labute approximate surface area is 315 Å². The molecule has 14 heteroatoms. The van der Waals surface area contributed by atoms with Gasteiger partial charge in [-0.2, -0.15) is 0 Å². The van der Waals surface area contributed by atoms with Crippen LogP contribution in [0, 0.1) is 17.8 Å². The molecule has 4 aliphatic rings. The second-order valence-electron chi connectivity index (χ2n) is 15.0. The first kappa shape index (κ1) is 37.1. The zero-order chi connectivity index (χ0) is 37.5. The zero-order valence-electron chi connectivity index (χ0n) is 30.5. The molecule has 3 heterocycles. The Bertz CT molecular complexity index is 2090. The Morgan fingerprint density at radius 1 is 1.19 bits per heavy atom. The molecule has 12 nitrogen and oxygen atoms in total. The summed E-state index contributed by atoms with van der Waals surface area (Å²) in [4.78, 5) is 42.8. The second kappa shape index (κ2) is 14.6. The molecule has 282 valence electrons. The van der Waals surface area contributed by atoms with E-state index in [1.54, 1.807) is 32.4 Å². The average Bonchev–Trinajstić information content (AvgIpc) is 3.44. The Morgan fingerprint density at radius 2 is 2.02 bits per heavy atom. The fourth-order valence-electron chi connectivity index (χ4n) is 8.63. The van der Waals surface area contributed by atoms with Crippen LogP contribution in [0.4, 0.5) is 5.69 Å². The number of fused-ring (bicyclic) bond motifs is 4. The van der Waals surface area contributed by atoms with Crippen molar-refractivity contribution in [2.75, 3.05) is 44.6 Å². The highest BCUT2D eigenvalue weighted by Crippen LogP contribution is 2.48. The Hall–Kier alpha value is -4.20. The Kier molecular flexibility index (Phi) is 10.2. The van der Waals surface area contributed by atoms with E-state index in [1.165, 1.54) is 29.1 Å². The number of benzene rings is 2. The van der Waals surface area contributed by atoms with Gasteiger partial charge in [0, 0.05) is 55.4 Å². The van der Waals surface area contributed by atoms with Gasteiger partial charge in [-0.1, -0.05) is 30.7 Å². The van der Waals surface area contributed by atoms with E-state index in [0.29, 0.717) is 36.9 Å². The van der Waals surface area contributed by atoms with Crippen LogP contribution in [0.1, 0.15) is 70.9 Å². The van der Waals surface area contributed by atoms with Gasteiger partial charge in [-0.25, -0.2) is 4.21 Å². The van der Waals surface area contributed by atoms with E-state index < -0.39 is 27.3 Å². The monoisotopic (exact) mass is 763 g/mol. The highest BCUT2D eigenvalue weighted by Gasteiger charge is 2.49. The van der Waals surface area contributed by atoms with Gasteiger partial charge in [0.1, 0.15) is 26.8 Å². The largest absolute Gasteiger partial charge is 0.490 e.